The van der Waals surface area contributed by atoms with Gasteiger partial charge in [0.2, 0.25) is 0 Å². The lowest BCUT2D eigenvalue weighted by Crippen LogP contribution is -2.34. The van der Waals surface area contributed by atoms with E-state index >= 15 is 0 Å². The van der Waals surface area contributed by atoms with Gasteiger partial charge in [-0.05, 0) is 25.2 Å². The van der Waals surface area contributed by atoms with Gasteiger partial charge in [0, 0.05) is 18.8 Å². The summed E-state index contributed by atoms with van der Waals surface area (Å²) in [6, 6.07) is -1.57. The fraction of sp³-hybridized carbons (Fsp3) is 0.825. The molecule has 1 rings (SSSR count). The van der Waals surface area contributed by atoms with Crippen molar-refractivity contribution in [2.24, 2.45) is 17.6 Å². The van der Waals surface area contributed by atoms with E-state index in [1.165, 1.54) is 51.4 Å². The van der Waals surface area contributed by atoms with Crippen LogP contribution in [-0.4, -0.2) is 93.5 Å². The number of aliphatic carboxylic acids is 1. The number of esters is 2. The fourth-order valence-corrected chi connectivity index (χ4v) is 7.23. The topological polar surface area (TPSA) is 232 Å². The lowest BCUT2D eigenvalue weighted by molar-refractivity contribution is -0.160. The summed E-state index contributed by atoms with van der Waals surface area (Å²) in [5.74, 6) is -3.37. The number of ether oxygens (including phenoxy) is 2. The Kier molecular flexibility index (Phi) is 28.6. The van der Waals surface area contributed by atoms with Gasteiger partial charge in [0.25, 0.3) is 0 Å². The number of carbonyl (C=O) groups excluding carboxylic acids is 2. The summed E-state index contributed by atoms with van der Waals surface area (Å²) < 4.78 is 32.6. The van der Waals surface area contributed by atoms with Gasteiger partial charge in [0.05, 0.1) is 37.9 Å². The molecule has 0 aromatic rings. The molecule has 1 aliphatic rings. The highest BCUT2D eigenvalue weighted by Gasteiger charge is 2.39. The number of carbonyl (C=O) groups is 3. The van der Waals surface area contributed by atoms with Crippen LogP contribution in [0.3, 0.4) is 0 Å². The molecule has 55 heavy (non-hydrogen) atoms. The van der Waals surface area contributed by atoms with E-state index in [2.05, 4.69) is 18.4 Å². The molecule has 1 saturated carbocycles. The van der Waals surface area contributed by atoms with E-state index in [1.54, 1.807) is 24.3 Å². The maximum Gasteiger partial charge on any atom is 0.472 e. The van der Waals surface area contributed by atoms with Crippen LogP contribution in [0, 0.1) is 11.8 Å². The first kappa shape index (κ1) is 50.9. The third-order valence-electron chi connectivity index (χ3n) is 9.81. The normalized spacial score (nSPS) is 21.4. The maximum atomic E-state index is 12.6. The molecule has 0 aromatic heterocycles. The number of carboxylic acid groups (broad SMARTS) is 1. The Morgan fingerprint density at radius 2 is 1.35 bits per heavy atom. The zero-order valence-electron chi connectivity index (χ0n) is 33.3. The Balaban J connectivity index is 2.59. The molecule has 0 saturated heterocycles. The van der Waals surface area contributed by atoms with Crippen LogP contribution in [0.1, 0.15) is 149 Å². The second kappa shape index (κ2) is 30.9. The maximum absolute atomic E-state index is 12.6. The van der Waals surface area contributed by atoms with Crippen LogP contribution in [0.15, 0.2) is 24.3 Å². The van der Waals surface area contributed by atoms with Gasteiger partial charge in [0.1, 0.15) is 12.6 Å². The lowest BCUT2D eigenvalue weighted by atomic mass is 9.89. The highest BCUT2D eigenvalue weighted by atomic mass is 31.2. The number of unbranched alkanes of at least 4 members (excludes halogenated alkanes) is 14. The number of rotatable bonds is 34. The first-order valence-corrected chi connectivity index (χ1v) is 22.1. The number of phosphoric acid groups is 1. The molecule has 1 fully saturated rings. The lowest BCUT2D eigenvalue weighted by Gasteiger charge is -2.20. The number of allylic oxidation sites excluding steroid dienone is 1. The summed E-state index contributed by atoms with van der Waals surface area (Å²) in [5, 5.41) is 40.2. The largest absolute Gasteiger partial charge is 0.480 e. The number of phosphoric ester groups is 1. The van der Waals surface area contributed by atoms with Gasteiger partial charge in [0.15, 0.2) is 6.10 Å². The van der Waals surface area contributed by atoms with Crippen molar-refractivity contribution in [1.29, 1.82) is 0 Å². The van der Waals surface area contributed by atoms with Crippen LogP contribution in [0.25, 0.3) is 0 Å². The van der Waals surface area contributed by atoms with Crippen molar-refractivity contribution >= 4 is 25.7 Å². The molecule has 0 aromatic carbocycles. The van der Waals surface area contributed by atoms with Crippen LogP contribution < -0.4 is 5.73 Å². The van der Waals surface area contributed by atoms with Crippen molar-refractivity contribution in [1.82, 2.24) is 0 Å². The molecule has 0 bridgehead atoms. The Labute approximate surface area is 328 Å². The highest BCUT2D eigenvalue weighted by Crippen LogP contribution is 2.43. The zero-order valence-corrected chi connectivity index (χ0v) is 34.2. The first-order chi connectivity index (χ1) is 26.3. The minimum atomic E-state index is -4.79. The monoisotopic (exact) mass is 805 g/mol. The fourth-order valence-electron chi connectivity index (χ4n) is 6.45. The molecule has 0 amide bonds. The molecule has 1 aliphatic carbocycles. The number of hydrogen-bond acceptors (Lipinski definition) is 12. The van der Waals surface area contributed by atoms with Gasteiger partial charge in [-0.15, -0.1) is 0 Å². The van der Waals surface area contributed by atoms with Crippen molar-refractivity contribution in [2.75, 3.05) is 19.8 Å². The molecule has 0 spiro atoms. The van der Waals surface area contributed by atoms with Gasteiger partial charge in [-0.2, -0.15) is 0 Å². The quantitative estimate of drug-likeness (QED) is 0.0173. The summed E-state index contributed by atoms with van der Waals surface area (Å²) >= 11 is 0. The van der Waals surface area contributed by atoms with E-state index in [9.17, 15) is 39.2 Å². The summed E-state index contributed by atoms with van der Waals surface area (Å²) in [4.78, 5) is 46.1. The zero-order chi connectivity index (χ0) is 40.9. The average molecular weight is 806 g/mol. The van der Waals surface area contributed by atoms with Crippen molar-refractivity contribution in [3.8, 4) is 0 Å². The number of hydrogen-bond donors (Lipinski definition) is 6. The Morgan fingerprint density at radius 3 is 1.95 bits per heavy atom. The minimum Gasteiger partial charge on any atom is -0.480 e. The molecule has 1 unspecified atom stereocenters. The minimum absolute atomic E-state index is 0.0986. The van der Waals surface area contributed by atoms with Crippen LogP contribution in [0.5, 0.6) is 0 Å². The SMILES string of the molecule is CCCCCCCCCCCCCCCC(=O)O[C@H](COC(=O)C/C=C\C[C@H]1[C@@H](/C=C/[C@H](O)CCCCC)[C@H](O)C[C@@H]1O)COP(=O)(O)OC[C@H](N)C(=O)O. The second-order valence-corrected chi connectivity index (χ2v) is 16.2. The van der Waals surface area contributed by atoms with Gasteiger partial charge >= 0.3 is 25.7 Å². The van der Waals surface area contributed by atoms with Crippen LogP contribution in [-0.2, 0) is 37.5 Å². The molecule has 0 radical (unpaired) electrons. The summed E-state index contributed by atoms with van der Waals surface area (Å²) in [5.41, 5.74) is 5.32. The van der Waals surface area contributed by atoms with Gasteiger partial charge in [-0.3, -0.25) is 23.4 Å². The van der Waals surface area contributed by atoms with Crippen molar-refractivity contribution in [2.45, 2.75) is 179 Å². The second-order valence-electron chi connectivity index (χ2n) is 14.8. The Morgan fingerprint density at radius 1 is 0.782 bits per heavy atom. The third-order valence-corrected chi connectivity index (χ3v) is 10.8. The van der Waals surface area contributed by atoms with Crippen LogP contribution in [0.2, 0.25) is 0 Å². The molecular weight excluding hydrogens is 733 g/mol. The van der Waals surface area contributed by atoms with Crippen LogP contribution >= 0.6 is 7.82 Å². The van der Waals surface area contributed by atoms with Gasteiger partial charge < -0.3 is 40.5 Å². The molecule has 8 atom stereocenters. The molecule has 320 valence electrons. The summed E-state index contributed by atoms with van der Waals surface area (Å²) in [6.45, 7) is 2.35. The molecule has 15 heteroatoms. The van der Waals surface area contributed by atoms with E-state index < -0.39 is 76.0 Å². The van der Waals surface area contributed by atoms with E-state index in [0.717, 1.165) is 44.9 Å². The molecule has 14 nitrogen and oxygen atoms in total. The number of nitrogens with two attached hydrogens (primary N) is 1. The molecular formula is C40H72NO13P. The summed E-state index contributed by atoms with van der Waals surface area (Å²) in [6.07, 6.45) is 22.4. The van der Waals surface area contributed by atoms with Gasteiger partial charge in [-0.25, -0.2) is 4.57 Å². The Hall–Kier alpha value is -2.16. The average Bonchev–Trinajstić information content (AvgIpc) is 3.41. The third kappa shape index (κ3) is 25.7. The van der Waals surface area contributed by atoms with E-state index in [-0.39, 0.29) is 31.1 Å². The predicted molar refractivity (Wildman–Crippen MR) is 210 cm³/mol. The smallest absolute Gasteiger partial charge is 0.472 e. The summed E-state index contributed by atoms with van der Waals surface area (Å²) in [7, 11) is -4.79. The van der Waals surface area contributed by atoms with E-state index in [4.69, 9.17) is 24.8 Å². The van der Waals surface area contributed by atoms with Crippen molar-refractivity contribution < 1.29 is 62.8 Å². The standard InChI is InChI=1S/C40H72NO13P/c1-3-5-7-8-9-10-11-12-13-14-15-16-18-24-39(46)54-32(29-52-55(49,50)53-30-35(41)40(47)48)28-51-38(45)23-20-19-22-33-34(37(44)27-36(33)43)26-25-31(42)21-17-6-4-2/h19-20,25-26,31-37,42-44H,3-18,21-24,27-30,41H2,1-2H3,(H,47,48)(H,49,50)/b20-19-,26-25+/t31-,32-,33+,34-,35+,36+,37-/m1/s1. The first-order valence-electron chi connectivity index (χ1n) is 20.6. The molecule has 0 heterocycles. The van der Waals surface area contributed by atoms with E-state index in [0.29, 0.717) is 19.3 Å². The van der Waals surface area contributed by atoms with Crippen molar-refractivity contribution in [3.63, 3.8) is 0 Å². The van der Waals surface area contributed by atoms with Crippen LogP contribution in [0.4, 0.5) is 0 Å². The van der Waals surface area contributed by atoms with E-state index in [1.807, 2.05) is 0 Å². The Bertz CT molecular complexity index is 1150. The number of aliphatic hydroxyl groups is 3. The molecule has 0 aliphatic heterocycles. The number of carboxylic acids is 1. The molecule has 7 N–H and O–H groups in total. The highest BCUT2D eigenvalue weighted by molar-refractivity contribution is 7.47. The van der Waals surface area contributed by atoms with Crippen molar-refractivity contribution in [3.05, 3.63) is 24.3 Å². The predicted octanol–water partition coefficient (Wildman–Crippen LogP) is 6.66. The van der Waals surface area contributed by atoms with Gasteiger partial charge in [-0.1, -0.05) is 134 Å². The number of aliphatic hydroxyl groups excluding tert-OH is 3.